The molecule has 1 fully saturated rings. The standard InChI is InChI=1S/C23H29FN4O4S/c1-32-12-11-28(22(31)16-7-9-17(24)10-8-16)14-21(30)27-23-26-19(15-33-23)13-20(29)25-18-5-3-2-4-6-18/h7-10,15,18H,2-6,11-14H2,1H3,(H,25,29)(H,26,27,30). The maximum Gasteiger partial charge on any atom is 0.254 e. The van der Waals surface area contributed by atoms with Gasteiger partial charge in [-0.25, -0.2) is 9.37 Å². The molecule has 0 unspecified atom stereocenters. The van der Waals surface area contributed by atoms with E-state index >= 15 is 0 Å². The van der Waals surface area contributed by atoms with Crippen LogP contribution in [0.25, 0.3) is 0 Å². The molecule has 0 radical (unpaired) electrons. The van der Waals surface area contributed by atoms with Gasteiger partial charge >= 0.3 is 0 Å². The largest absolute Gasteiger partial charge is 0.383 e. The Morgan fingerprint density at radius 2 is 1.88 bits per heavy atom. The van der Waals surface area contributed by atoms with Crippen LogP contribution < -0.4 is 10.6 Å². The molecule has 0 bridgehead atoms. The number of hydrogen-bond acceptors (Lipinski definition) is 6. The molecule has 0 spiro atoms. The number of carbonyl (C=O) groups excluding carboxylic acids is 3. The number of nitrogens with zero attached hydrogens (tertiary/aromatic N) is 2. The summed E-state index contributed by atoms with van der Waals surface area (Å²) in [6, 6.07) is 5.38. The number of anilines is 1. The second-order valence-corrected chi connectivity index (χ2v) is 8.86. The number of benzene rings is 1. The van der Waals surface area contributed by atoms with Gasteiger partial charge in [0.1, 0.15) is 12.4 Å². The van der Waals surface area contributed by atoms with Crippen molar-refractivity contribution in [2.75, 3.05) is 32.1 Å². The van der Waals surface area contributed by atoms with E-state index in [2.05, 4.69) is 15.6 Å². The summed E-state index contributed by atoms with van der Waals surface area (Å²) in [5, 5.41) is 7.84. The van der Waals surface area contributed by atoms with Gasteiger partial charge in [0.15, 0.2) is 5.13 Å². The van der Waals surface area contributed by atoms with Crippen LogP contribution in [0.3, 0.4) is 0 Å². The van der Waals surface area contributed by atoms with Gasteiger partial charge in [-0.15, -0.1) is 11.3 Å². The minimum Gasteiger partial charge on any atom is -0.383 e. The highest BCUT2D eigenvalue weighted by atomic mass is 32.1. The summed E-state index contributed by atoms with van der Waals surface area (Å²) in [4.78, 5) is 43.2. The molecule has 3 rings (SSSR count). The predicted octanol–water partition coefficient (Wildman–Crippen LogP) is 3.00. The third-order valence-electron chi connectivity index (χ3n) is 5.39. The van der Waals surface area contributed by atoms with Gasteiger partial charge in [0.25, 0.3) is 5.91 Å². The van der Waals surface area contributed by atoms with Gasteiger partial charge < -0.3 is 20.3 Å². The molecule has 178 valence electrons. The average Bonchev–Trinajstić information content (AvgIpc) is 3.23. The van der Waals surface area contributed by atoms with Gasteiger partial charge in [0.2, 0.25) is 11.8 Å². The summed E-state index contributed by atoms with van der Waals surface area (Å²) in [5.74, 6) is -1.34. The van der Waals surface area contributed by atoms with E-state index in [9.17, 15) is 18.8 Å². The molecule has 0 saturated heterocycles. The van der Waals surface area contributed by atoms with Crippen LogP contribution in [0.4, 0.5) is 9.52 Å². The zero-order chi connectivity index (χ0) is 23.6. The number of nitrogens with one attached hydrogen (secondary N) is 2. The Morgan fingerprint density at radius 3 is 2.58 bits per heavy atom. The van der Waals surface area contributed by atoms with Crippen molar-refractivity contribution in [2.45, 2.75) is 44.6 Å². The van der Waals surface area contributed by atoms with Crippen molar-refractivity contribution in [3.8, 4) is 0 Å². The van der Waals surface area contributed by atoms with Gasteiger partial charge in [-0.3, -0.25) is 14.4 Å². The smallest absolute Gasteiger partial charge is 0.254 e. The number of rotatable bonds is 10. The maximum absolute atomic E-state index is 13.2. The van der Waals surface area contributed by atoms with Gasteiger partial charge in [-0.1, -0.05) is 19.3 Å². The minimum atomic E-state index is -0.445. The average molecular weight is 477 g/mol. The molecule has 2 N–H and O–H groups in total. The molecule has 1 aliphatic rings. The zero-order valence-corrected chi connectivity index (χ0v) is 19.5. The Balaban J connectivity index is 1.53. The number of carbonyl (C=O) groups is 3. The summed E-state index contributed by atoms with van der Waals surface area (Å²) in [5.41, 5.74) is 0.864. The first-order valence-corrected chi connectivity index (χ1v) is 11.9. The van der Waals surface area contributed by atoms with Crippen molar-refractivity contribution in [3.63, 3.8) is 0 Å². The highest BCUT2D eigenvalue weighted by molar-refractivity contribution is 7.13. The van der Waals surface area contributed by atoms with E-state index in [1.54, 1.807) is 5.38 Å². The van der Waals surface area contributed by atoms with Gasteiger partial charge in [0.05, 0.1) is 18.7 Å². The highest BCUT2D eigenvalue weighted by Gasteiger charge is 2.20. The van der Waals surface area contributed by atoms with Crippen molar-refractivity contribution in [1.82, 2.24) is 15.2 Å². The third kappa shape index (κ3) is 7.90. The summed E-state index contributed by atoms with van der Waals surface area (Å²) in [6.07, 6.45) is 5.69. The van der Waals surface area contributed by atoms with E-state index in [4.69, 9.17) is 4.74 Å². The van der Waals surface area contributed by atoms with Crippen LogP contribution in [0.15, 0.2) is 29.6 Å². The Morgan fingerprint density at radius 1 is 1.15 bits per heavy atom. The van der Waals surface area contributed by atoms with E-state index in [1.165, 1.54) is 54.0 Å². The van der Waals surface area contributed by atoms with Crippen LogP contribution in [-0.4, -0.2) is 60.5 Å². The molecule has 1 saturated carbocycles. The van der Waals surface area contributed by atoms with Crippen molar-refractivity contribution in [1.29, 1.82) is 0 Å². The van der Waals surface area contributed by atoms with E-state index in [-0.39, 0.29) is 43.6 Å². The van der Waals surface area contributed by atoms with Crippen LogP contribution >= 0.6 is 11.3 Å². The van der Waals surface area contributed by atoms with Crippen LogP contribution in [0.1, 0.15) is 48.2 Å². The predicted molar refractivity (Wildman–Crippen MR) is 124 cm³/mol. The van der Waals surface area contributed by atoms with Gasteiger partial charge in [-0.2, -0.15) is 0 Å². The monoisotopic (exact) mass is 476 g/mol. The molecule has 33 heavy (non-hydrogen) atoms. The molecular formula is C23H29FN4O4S. The minimum absolute atomic E-state index is 0.0688. The number of ether oxygens (including phenoxy) is 1. The lowest BCUT2D eigenvalue weighted by Crippen LogP contribution is -2.40. The Labute approximate surface area is 196 Å². The molecule has 1 aliphatic carbocycles. The number of aromatic nitrogens is 1. The van der Waals surface area contributed by atoms with Gasteiger partial charge in [-0.05, 0) is 37.1 Å². The van der Waals surface area contributed by atoms with Crippen molar-refractivity contribution < 1.29 is 23.5 Å². The molecule has 0 aliphatic heterocycles. The highest BCUT2D eigenvalue weighted by Crippen LogP contribution is 2.19. The normalized spacial score (nSPS) is 14.0. The first kappa shape index (κ1) is 24.8. The van der Waals surface area contributed by atoms with Crippen molar-refractivity contribution in [3.05, 3.63) is 46.7 Å². The van der Waals surface area contributed by atoms with E-state index in [0.717, 1.165) is 25.7 Å². The number of amides is 3. The lowest BCUT2D eigenvalue weighted by atomic mass is 9.95. The van der Waals surface area contributed by atoms with E-state index in [0.29, 0.717) is 10.8 Å². The topological polar surface area (TPSA) is 101 Å². The Bertz CT molecular complexity index is 944. The summed E-state index contributed by atoms with van der Waals surface area (Å²) in [6.45, 7) is 0.235. The quantitative estimate of drug-likeness (QED) is 0.549. The first-order valence-electron chi connectivity index (χ1n) is 11.0. The van der Waals surface area contributed by atoms with Crippen molar-refractivity contribution >= 4 is 34.2 Å². The molecule has 1 heterocycles. The number of methoxy groups -OCH3 is 1. The second kappa shape index (κ2) is 12.4. The van der Waals surface area contributed by atoms with Crippen LogP contribution in [-0.2, 0) is 20.7 Å². The Hall–Kier alpha value is -2.85. The molecule has 1 aromatic heterocycles. The number of halogens is 1. The number of thiazole rings is 1. The maximum atomic E-state index is 13.2. The molecule has 10 heteroatoms. The van der Waals surface area contributed by atoms with Crippen LogP contribution in [0.5, 0.6) is 0 Å². The van der Waals surface area contributed by atoms with E-state index in [1.807, 2.05) is 0 Å². The summed E-state index contributed by atoms with van der Waals surface area (Å²) in [7, 11) is 1.50. The molecule has 0 atom stereocenters. The zero-order valence-electron chi connectivity index (χ0n) is 18.6. The van der Waals surface area contributed by atoms with Crippen molar-refractivity contribution in [2.24, 2.45) is 0 Å². The van der Waals surface area contributed by atoms with E-state index < -0.39 is 17.6 Å². The lowest BCUT2D eigenvalue weighted by molar-refractivity contribution is -0.121. The fraction of sp³-hybridized carbons (Fsp3) is 0.478. The molecule has 8 nitrogen and oxygen atoms in total. The fourth-order valence-electron chi connectivity index (χ4n) is 3.70. The fourth-order valence-corrected chi connectivity index (χ4v) is 4.42. The Kier molecular flexibility index (Phi) is 9.32. The first-order chi connectivity index (χ1) is 15.9. The molecule has 1 aromatic carbocycles. The second-order valence-electron chi connectivity index (χ2n) is 8.00. The van der Waals surface area contributed by atoms with Crippen LogP contribution in [0.2, 0.25) is 0 Å². The molecule has 3 amide bonds. The lowest BCUT2D eigenvalue weighted by Gasteiger charge is -2.22. The number of hydrogen-bond donors (Lipinski definition) is 2. The third-order valence-corrected chi connectivity index (χ3v) is 6.19. The summed E-state index contributed by atoms with van der Waals surface area (Å²) < 4.78 is 18.2. The van der Waals surface area contributed by atoms with Crippen LogP contribution in [0, 0.1) is 5.82 Å². The summed E-state index contributed by atoms with van der Waals surface area (Å²) >= 11 is 1.22. The molecular weight excluding hydrogens is 447 g/mol. The van der Waals surface area contributed by atoms with Gasteiger partial charge in [0, 0.05) is 30.6 Å². The SMILES string of the molecule is COCCN(CC(=O)Nc1nc(CC(=O)NC2CCCCC2)cs1)C(=O)c1ccc(F)cc1. The molecule has 2 aromatic rings.